The fourth-order valence-electron chi connectivity index (χ4n) is 2.01. The summed E-state index contributed by atoms with van der Waals surface area (Å²) in [6, 6.07) is 1.71. The van der Waals surface area contributed by atoms with Gasteiger partial charge in [-0.3, -0.25) is 0 Å². The van der Waals surface area contributed by atoms with Gasteiger partial charge >= 0.3 is 0 Å². The van der Waals surface area contributed by atoms with Crippen molar-refractivity contribution in [2.45, 2.75) is 19.9 Å². The molecule has 6 heteroatoms. The quantitative estimate of drug-likeness (QED) is 0.632. The highest BCUT2D eigenvalue weighted by Crippen LogP contribution is 2.19. The third-order valence-electron chi connectivity index (χ3n) is 3.16. The van der Waals surface area contributed by atoms with E-state index in [1.807, 2.05) is 11.8 Å². The Morgan fingerprint density at radius 2 is 2.00 bits per heavy atom. The molecule has 0 aromatic carbocycles. The summed E-state index contributed by atoms with van der Waals surface area (Å²) in [4.78, 5) is 6.12. The van der Waals surface area contributed by atoms with Crippen LogP contribution in [0.5, 0.6) is 0 Å². The fraction of sp³-hybridized carbons (Fsp3) is 0.667. The van der Waals surface area contributed by atoms with E-state index in [0.717, 1.165) is 13.0 Å². The highest BCUT2D eigenvalue weighted by atomic mass is 19.1. The Morgan fingerprint density at radius 3 is 2.67 bits per heavy atom. The van der Waals surface area contributed by atoms with Gasteiger partial charge in [-0.15, -0.1) is 0 Å². The number of hydrogen-bond acceptors (Lipinski definition) is 5. The van der Waals surface area contributed by atoms with E-state index in [1.54, 1.807) is 26.5 Å². The largest absolute Gasteiger partial charge is 0.385 e. The Morgan fingerprint density at radius 1 is 1.24 bits per heavy atom. The Kier molecular flexibility index (Phi) is 8.89. The zero-order chi connectivity index (χ0) is 15.5. The van der Waals surface area contributed by atoms with Crippen LogP contribution in [0.4, 0.5) is 10.2 Å². The number of nitrogens with one attached hydrogen (secondary N) is 1. The number of rotatable bonds is 11. The van der Waals surface area contributed by atoms with Crippen LogP contribution in [0, 0.1) is 5.82 Å². The molecule has 0 saturated carbocycles. The Hall–Kier alpha value is -1.24. The van der Waals surface area contributed by atoms with Gasteiger partial charge in [0.05, 0.1) is 6.61 Å². The van der Waals surface area contributed by atoms with Crippen molar-refractivity contribution in [2.75, 3.05) is 52.0 Å². The van der Waals surface area contributed by atoms with Gasteiger partial charge in [0.15, 0.2) is 11.6 Å². The van der Waals surface area contributed by atoms with Crippen molar-refractivity contribution in [1.82, 2.24) is 10.3 Å². The Bertz CT molecular complexity index is 405. The van der Waals surface area contributed by atoms with E-state index in [9.17, 15) is 4.39 Å². The number of nitrogens with zero attached hydrogens (tertiary/aromatic N) is 2. The van der Waals surface area contributed by atoms with Crippen molar-refractivity contribution in [1.29, 1.82) is 0 Å². The van der Waals surface area contributed by atoms with Gasteiger partial charge in [0.25, 0.3) is 0 Å². The van der Waals surface area contributed by atoms with Gasteiger partial charge in [0.2, 0.25) is 0 Å². The zero-order valence-electron chi connectivity index (χ0n) is 13.2. The number of anilines is 1. The maximum absolute atomic E-state index is 14.6. The van der Waals surface area contributed by atoms with Gasteiger partial charge in [-0.25, -0.2) is 9.37 Å². The summed E-state index contributed by atoms with van der Waals surface area (Å²) in [6.07, 6.45) is 2.47. The Balaban J connectivity index is 2.83. The molecule has 0 spiro atoms. The summed E-state index contributed by atoms with van der Waals surface area (Å²) in [6.45, 7) is 5.77. The number of aromatic nitrogens is 1. The molecule has 0 aliphatic rings. The van der Waals surface area contributed by atoms with Crippen LogP contribution in [0.15, 0.2) is 12.3 Å². The topological polar surface area (TPSA) is 46.6 Å². The number of ether oxygens (including phenoxy) is 2. The fourth-order valence-corrected chi connectivity index (χ4v) is 2.01. The van der Waals surface area contributed by atoms with E-state index in [2.05, 4.69) is 10.3 Å². The number of halogens is 1. The molecular weight excluding hydrogens is 273 g/mol. The lowest BCUT2D eigenvalue weighted by atomic mass is 10.2. The van der Waals surface area contributed by atoms with Gasteiger partial charge in [-0.2, -0.15) is 0 Å². The monoisotopic (exact) mass is 299 g/mol. The first kappa shape index (κ1) is 17.8. The summed E-state index contributed by atoms with van der Waals surface area (Å²) in [7, 11) is 3.30. The van der Waals surface area contributed by atoms with Gasteiger partial charge in [0, 0.05) is 52.2 Å². The van der Waals surface area contributed by atoms with Gasteiger partial charge in [-0.05, 0) is 19.0 Å². The van der Waals surface area contributed by atoms with Crippen LogP contribution in [-0.2, 0) is 16.0 Å². The second kappa shape index (κ2) is 10.5. The lowest BCUT2D eigenvalue weighted by Crippen LogP contribution is -2.31. The highest BCUT2D eigenvalue weighted by Gasteiger charge is 2.15. The van der Waals surface area contributed by atoms with Crippen molar-refractivity contribution in [3.05, 3.63) is 23.6 Å². The van der Waals surface area contributed by atoms with Crippen molar-refractivity contribution >= 4 is 5.82 Å². The molecule has 0 unspecified atom stereocenters. The molecule has 0 amide bonds. The Labute approximate surface area is 126 Å². The van der Waals surface area contributed by atoms with Crippen LogP contribution in [0.2, 0.25) is 0 Å². The predicted octanol–water partition coefficient (Wildman–Crippen LogP) is 1.82. The van der Waals surface area contributed by atoms with Gasteiger partial charge in [0.1, 0.15) is 0 Å². The summed E-state index contributed by atoms with van der Waals surface area (Å²) in [5, 5.41) is 3.14. The van der Waals surface area contributed by atoms with Crippen LogP contribution in [0.3, 0.4) is 0 Å². The molecule has 5 nitrogen and oxygen atoms in total. The molecule has 21 heavy (non-hydrogen) atoms. The third-order valence-corrected chi connectivity index (χ3v) is 3.16. The second-order valence-corrected chi connectivity index (χ2v) is 4.71. The molecule has 120 valence electrons. The van der Waals surface area contributed by atoms with Gasteiger partial charge < -0.3 is 19.7 Å². The smallest absolute Gasteiger partial charge is 0.170 e. The normalized spacial score (nSPS) is 10.9. The molecule has 1 rings (SSSR count). The van der Waals surface area contributed by atoms with Crippen LogP contribution in [0.1, 0.15) is 18.9 Å². The molecule has 0 atom stereocenters. The second-order valence-electron chi connectivity index (χ2n) is 4.71. The maximum atomic E-state index is 14.6. The molecule has 0 radical (unpaired) electrons. The summed E-state index contributed by atoms with van der Waals surface area (Å²) < 4.78 is 24.7. The molecule has 0 saturated heterocycles. The molecule has 1 heterocycles. The molecule has 0 aliphatic carbocycles. The molecule has 1 aromatic rings. The van der Waals surface area contributed by atoms with E-state index < -0.39 is 0 Å². The minimum Gasteiger partial charge on any atom is -0.385 e. The third kappa shape index (κ3) is 5.95. The average molecular weight is 299 g/mol. The first-order valence-corrected chi connectivity index (χ1v) is 7.31. The highest BCUT2D eigenvalue weighted by molar-refractivity contribution is 5.43. The minimum atomic E-state index is -0.257. The van der Waals surface area contributed by atoms with Gasteiger partial charge in [-0.1, -0.05) is 6.92 Å². The molecule has 1 N–H and O–H groups in total. The van der Waals surface area contributed by atoms with Crippen LogP contribution in [0.25, 0.3) is 0 Å². The van der Waals surface area contributed by atoms with Crippen LogP contribution >= 0.6 is 0 Å². The van der Waals surface area contributed by atoms with Crippen molar-refractivity contribution < 1.29 is 13.9 Å². The molecule has 0 fully saturated rings. The lowest BCUT2D eigenvalue weighted by Gasteiger charge is -2.24. The van der Waals surface area contributed by atoms with E-state index in [4.69, 9.17) is 9.47 Å². The molecule has 1 aromatic heterocycles. The first-order chi connectivity index (χ1) is 10.2. The predicted molar refractivity (Wildman–Crippen MR) is 82.2 cm³/mol. The van der Waals surface area contributed by atoms with Crippen molar-refractivity contribution in [3.63, 3.8) is 0 Å². The summed E-state index contributed by atoms with van der Waals surface area (Å²) in [5.41, 5.74) is 0.635. The van der Waals surface area contributed by atoms with Crippen molar-refractivity contribution in [3.8, 4) is 0 Å². The lowest BCUT2D eigenvalue weighted by molar-refractivity contribution is 0.190. The van der Waals surface area contributed by atoms with Crippen molar-refractivity contribution in [2.24, 2.45) is 0 Å². The first-order valence-electron chi connectivity index (χ1n) is 7.31. The minimum absolute atomic E-state index is 0.257. The maximum Gasteiger partial charge on any atom is 0.170 e. The average Bonchev–Trinajstić information content (AvgIpc) is 2.50. The van der Waals surface area contributed by atoms with Crippen LogP contribution < -0.4 is 10.2 Å². The standard InChI is InChI=1S/C15H26FN3O2/c1-4-17-12-13-6-7-18-15(14(13)16)19(9-11-21-3)8-5-10-20-2/h6-7,17H,4-5,8-12H2,1-3H3. The van der Waals surface area contributed by atoms with E-state index in [1.165, 1.54) is 0 Å². The van der Waals surface area contributed by atoms with E-state index >= 15 is 0 Å². The summed E-state index contributed by atoms with van der Waals surface area (Å²) >= 11 is 0. The van der Waals surface area contributed by atoms with E-state index in [-0.39, 0.29) is 5.82 Å². The van der Waals surface area contributed by atoms with E-state index in [0.29, 0.717) is 44.2 Å². The number of methoxy groups -OCH3 is 2. The van der Waals surface area contributed by atoms with Crippen LogP contribution in [-0.4, -0.2) is 52.1 Å². The molecule has 0 bridgehead atoms. The summed E-state index contributed by atoms with van der Waals surface area (Å²) in [5.74, 6) is 0.130. The number of pyridine rings is 1. The molecular formula is C15H26FN3O2. The zero-order valence-corrected chi connectivity index (χ0v) is 13.2. The number of hydrogen-bond donors (Lipinski definition) is 1. The SMILES string of the molecule is CCNCc1ccnc(N(CCCOC)CCOC)c1F. The molecule has 0 aliphatic heterocycles.